The first kappa shape index (κ1) is 22.5. The predicted molar refractivity (Wildman–Crippen MR) is 55.4 cm³/mol. The Labute approximate surface area is 77.4 Å². The smallest absolute Gasteiger partial charge is 0.129 e. The van der Waals surface area contributed by atoms with Crippen molar-refractivity contribution in [3.63, 3.8) is 0 Å². The van der Waals surface area contributed by atoms with Crippen LogP contribution >= 0.6 is 0 Å². The monoisotopic (exact) mass is 176 g/mol. The highest BCUT2D eigenvalue weighted by Gasteiger charge is 1.77. The molecule has 0 spiro atoms. The fraction of sp³-hybridized carbons (Fsp3) is 0.800. The van der Waals surface area contributed by atoms with Crippen molar-refractivity contribution in [3.05, 3.63) is 0 Å². The van der Waals surface area contributed by atoms with Crippen molar-refractivity contribution in [2.24, 2.45) is 0 Å². The number of ketones is 2. The van der Waals surface area contributed by atoms with Crippen LogP contribution in [0.25, 0.3) is 0 Å². The van der Waals surface area contributed by atoms with Crippen molar-refractivity contribution < 1.29 is 9.59 Å². The van der Waals surface area contributed by atoms with Crippen LogP contribution in [-0.2, 0) is 9.59 Å². The topological polar surface area (TPSA) is 34.1 Å². The number of carbonyl (C=O) groups excluding carboxylic acids is 2. The Balaban J connectivity index is -0.0000000457. The van der Waals surface area contributed by atoms with E-state index in [1.165, 1.54) is 0 Å². The van der Waals surface area contributed by atoms with Crippen molar-refractivity contribution in [3.8, 4) is 0 Å². The van der Waals surface area contributed by atoms with Crippen LogP contribution in [0.15, 0.2) is 0 Å². The van der Waals surface area contributed by atoms with E-state index in [9.17, 15) is 9.59 Å². The fourth-order valence-electron chi connectivity index (χ4n) is 0. The Morgan fingerprint density at radius 1 is 0.833 bits per heavy atom. The summed E-state index contributed by atoms with van der Waals surface area (Å²) >= 11 is 0. The minimum Gasteiger partial charge on any atom is -0.300 e. The molecule has 0 aliphatic carbocycles. The summed E-state index contributed by atoms with van der Waals surface area (Å²) in [5.41, 5.74) is 0. The molecule has 0 fully saturated rings. The number of hydrogen-bond donors (Lipinski definition) is 0. The summed E-state index contributed by atoms with van der Waals surface area (Å²) in [7, 11) is 0. The summed E-state index contributed by atoms with van der Waals surface area (Å²) in [5.74, 6) is 0.509. The number of rotatable bonds is 2. The second-order valence-corrected chi connectivity index (χ2v) is 2.11. The second-order valence-electron chi connectivity index (χ2n) is 2.11. The molecular weight excluding hydrogens is 152 g/mol. The van der Waals surface area contributed by atoms with Crippen LogP contribution in [0.4, 0.5) is 0 Å². The molecule has 0 saturated carbocycles. The maximum Gasteiger partial charge on any atom is 0.129 e. The molecule has 2 nitrogen and oxygen atoms in total. The summed E-state index contributed by atoms with van der Waals surface area (Å²) in [6.45, 7) is 6.87. The Hall–Kier alpha value is -0.660. The molecule has 76 valence electrons. The lowest BCUT2D eigenvalue weighted by Gasteiger charge is -1.71. The van der Waals surface area contributed by atoms with Gasteiger partial charge in [0.15, 0.2) is 0 Å². The average Bonchev–Trinajstić information content (AvgIpc) is 1.89. The third kappa shape index (κ3) is 58.2. The molecular formula is C10H24O2. The molecule has 0 aromatic carbocycles. The van der Waals surface area contributed by atoms with Crippen molar-refractivity contribution in [2.45, 2.75) is 55.4 Å². The summed E-state index contributed by atoms with van der Waals surface area (Å²) in [6, 6.07) is 0. The molecule has 12 heavy (non-hydrogen) atoms. The van der Waals surface area contributed by atoms with E-state index in [1.54, 1.807) is 13.8 Å². The van der Waals surface area contributed by atoms with Crippen molar-refractivity contribution in [1.82, 2.24) is 0 Å². The molecule has 0 N–H and O–H groups in total. The standard InChI is InChI=1S/2C4H8O.2CH4/c2*1-3-4(2)5;;/h2*3H2,1-2H3;2*1H4. The lowest BCUT2D eigenvalue weighted by atomic mass is 10.4. The highest BCUT2D eigenvalue weighted by Crippen LogP contribution is 1.72. The van der Waals surface area contributed by atoms with Gasteiger partial charge >= 0.3 is 0 Å². The van der Waals surface area contributed by atoms with Gasteiger partial charge in [-0.1, -0.05) is 28.7 Å². The largest absolute Gasteiger partial charge is 0.300 e. The van der Waals surface area contributed by atoms with Crippen LogP contribution in [-0.4, -0.2) is 11.6 Å². The van der Waals surface area contributed by atoms with Gasteiger partial charge in [0.05, 0.1) is 0 Å². The molecule has 0 saturated heterocycles. The fourth-order valence-corrected chi connectivity index (χ4v) is 0. The van der Waals surface area contributed by atoms with Gasteiger partial charge in [0.2, 0.25) is 0 Å². The van der Waals surface area contributed by atoms with E-state index in [1.807, 2.05) is 13.8 Å². The first-order valence-corrected chi connectivity index (χ1v) is 3.53. The van der Waals surface area contributed by atoms with Gasteiger partial charge in [-0.3, -0.25) is 0 Å². The Kier molecular flexibility index (Phi) is 31.4. The first-order chi connectivity index (χ1) is 4.54. The van der Waals surface area contributed by atoms with Crippen LogP contribution in [0.2, 0.25) is 0 Å². The minimum atomic E-state index is 0. The second kappa shape index (κ2) is 16.7. The van der Waals surface area contributed by atoms with Crippen molar-refractivity contribution >= 4 is 11.6 Å². The molecule has 0 radical (unpaired) electrons. The van der Waals surface area contributed by atoms with Gasteiger partial charge in [-0.25, -0.2) is 0 Å². The molecule has 0 atom stereocenters. The Bertz CT molecular complexity index is 92.4. The molecule has 0 bridgehead atoms. The minimum absolute atomic E-state index is 0. The van der Waals surface area contributed by atoms with Crippen LogP contribution < -0.4 is 0 Å². The SMILES string of the molecule is C.C.CCC(C)=O.CCC(C)=O. The van der Waals surface area contributed by atoms with E-state index in [0.717, 1.165) is 0 Å². The lowest BCUT2D eigenvalue weighted by molar-refractivity contribution is -0.117. The van der Waals surface area contributed by atoms with Crippen molar-refractivity contribution in [2.75, 3.05) is 0 Å². The van der Waals surface area contributed by atoms with E-state index < -0.39 is 0 Å². The summed E-state index contributed by atoms with van der Waals surface area (Å²) in [6.07, 6.45) is 1.33. The summed E-state index contributed by atoms with van der Waals surface area (Å²) in [5, 5.41) is 0. The number of carbonyl (C=O) groups is 2. The molecule has 2 heteroatoms. The summed E-state index contributed by atoms with van der Waals surface area (Å²) < 4.78 is 0. The van der Waals surface area contributed by atoms with Crippen molar-refractivity contribution in [1.29, 1.82) is 0 Å². The quantitative estimate of drug-likeness (QED) is 0.647. The number of hydrogen-bond acceptors (Lipinski definition) is 2. The zero-order valence-corrected chi connectivity index (χ0v) is 7.23. The normalized spacial score (nSPS) is 6.33. The van der Waals surface area contributed by atoms with E-state index in [-0.39, 0.29) is 26.4 Å². The van der Waals surface area contributed by atoms with Crippen LogP contribution in [0, 0.1) is 0 Å². The van der Waals surface area contributed by atoms with Gasteiger partial charge in [0.25, 0.3) is 0 Å². The average molecular weight is 176 g/mol. The third-order valence-electron chi connectivity index (χ3n) is 0.996. The molecule has 0 aliphatic rings. The maximum absolute atomic E-state index is 9.81. The third-order valence-corrected chi connectivity index (χ3v) is 0.996. The van der Waals surface area contributed by atoms with Gasteiger partial charge in [0, 0.05) is 12.8 Å². The van der Waals surface area contributed by atoms with Gasteiger partial charge in [0.1, 0.15) is 11.6 Å². The Morgan fingerprint density at radius 3 is 0.917 bits per heavy atom. The zero-order chi connectivity index (χ0) is 8.57. The molecule has 0 aromatic rings. The lowest BCUT2D eigenvalue weighted by Crippen LogP contribution is -1.80. The highest BCUT2D eigenvalue weighted by molar-refractivity contribution is 5.75. The van der Waals surface area contributed by atoms with Gasteiger partial charge in [-0.2, -0.15) is 0 Å². The molecule has 0 amide bonds. The van der Waals surface area contributed by atoms with E-state index in [0.29, 0.717) is 12.8 Å². The van der Waals surface area contributed by atoms with E-state index >= 15 is 0 Å². The predicted octanol–water partition coefficient (Wildman–Crippen LogP) is 3.24. The van der Waals surface area contributed by atoms with Gasteiger partial charge in [-0.15, -0.1) is 0 Å². The Morgan fingerprint density at radius 2 is 0.917 bits per heavy atom. The highest BCUT2D eigenvalue weighted by atomic mass is 16.1. The number of Topliss-reactive ketones (excluding diaryl/α,β-unsaturated/α-hetero) is 2. The summed E-state index contributed by atoms with van der Waals surface area (Å²) in [4.78, 5) is 19.6. The van der Waals surface area contributed by atoms with Gasteiger partial charge < -0.3 is 9.59 Å². The zero-order valence-electron chi connectivity index (χ0n) is 7.23. The first-order valence-electron chi connectivity index (χ1n) is 3.53. The van der Waals surface area contributed by atoms with E-state index in [4.69, 9.17) is 0 Å². The van der Waals surface area contributed by atoms with Crippen LogP contribution in [0.1, 0.15) is 55.4 Å². The van der Waals surface area contributed by atoms with Crippen LogP contribution in [0.5, 0.6) is 0 Å². The molecule has 0 aromatic heterocycles. The molecule has 0 unspecified atom stereocenters. The molecule has 0 rings (SSSR count). The molecule has 0 heterocycles. The van der Waals surface area contributed by atoms with Crippen LogP contribution in [0.3, 0.4) is 0 Å². The molecule has 0 aliphatic heterocycles. The van der Waals surface area contributed by atoms with E-state index in [2.05, 4.69) is 0 Å². The van der Waals surface area contributed by atoms with Gasteiger partial charge in [-0.05, 0) is 13.8 Å². The maximum atomic E-state index is 9.81.